The van der Waals surface area contributed by atoms with Gasteiger partial charge in [-0.2, -0.15) is 0 Å². The number of amides is 1. The van der Waals surface area contributed by atoms with E-state index in [9.17, 15) is 9.18 Å². The SMILES string of the molecule is CNc1nc2c(s1)[C@H](c1ccccc1OCc1ccccc1F)CC(=O)N2. The van der Waals surface area contributed by atoms with Crippen LogP contribution in [0.15, 0.2) is 48.5 Å². The Balaban J connectivity index is 1.66. The molecule has 0 saturated carbocycles. The van der Waals surface area contributed by atoms with Crippen molar-refractivity contribution >= 4 is 28.2 Å². The molecule has 5 nitrogen and oxygen atoms in total. The van der Waals surface area contributed by atoms with Crippen molar-refractivity contribution in [2.45, 2.75) is 18.9 Å². The number of rotatable bonds is 5. The summed E-state index contributed by atoms with van der Waals surface area (Å²) in [5.74, 6) is 0.713. The van der Waals surface area contributed by atoms with Crippen LogP contribution in [0.3, 0.4) is 0 Å². The highest BCUT2D eigenvalue weighted by atomic mass is 32.1. The number of aromatic nitrogens is 1. The van der Waals surface area contributed by atoms with E-state index in [1.54, 1.807) is 25.2 Å². The number of nitrogens with one attached hydrogen (secondary N) is 2. The van der Waals surface area contributed by atoms with Crippen molar-refractivity contribution in [1.29, 1.82) is 0 Å². The third-order valence-electron chi connectivity index (χ3n) is 4.47. The van der Waals surface area contributed by atoms with Gasteiger partial charge in [-0.3, -0.25) is 4.79 Å². The summed E-state index contributed by atoms with van der Waals surface area (Å²) < 4.78 is 19.8. The average molecular weight is 383 g/mol. The highest BCUT2D eigenvalue weighted by Gasteiger charge is 2.32. The Bertz CT molecular complexity index is 989. The first-order chi connectivity index (χ1) is 13.2. The summed E-state index contributed by atoms with van der Waals surface area (Å²) in [5.41, 5.74) is 1.39. The second-order valence-electron chi connectivity index (χ2n) is 6.20. The first-order valence-corrected chi connectivity index (χ1v) is 9.41. The van der Waals surface area contributed by atoms with Gasteiger partial charge in [-0.05, 0) is 12.1 Å². The van der Waals surface area contributed by atoms with Crippen molar-refractivity contribution in [1.82, 2.24) is 4.98 Å². The topological polar surface area (TPSA) is 63.3 Å². The molecular weight excluding hydrogens is 365 g/mol. The van der Waals surface area contributed by atoms with Crippen LogP contribution in [0.5, 0.6) is 5.75 Å². The fourth-order valence-corrected chi connectivity index (χ4v) is 4.14. The molecule has 7 heteroatoms. The molecule has 3 aromatic rings. The second kappa shape index (κ2) is 7.36. The van der Waals surface area contributed by atoms with Crippen molar-refractivity contribution in [2.24, 2.45) is 0 Å². The van der Waals surface area contributed by atoms with Gasteiger partial charge in [-0.15, -0.1) is 0 Å². The maximum Gasteiger partial charge on any atom is 0.226 e. The lowest BCUT2D eigenvalue weighted by atomic mass is 9.91. The van der Waals surface area contributed by atoms with E-state index in [-0.39, 0.29) is 24.2 Å². The second-order valence-corrected chi connectivity index (χ2v) is 7.24. The number of fused-ring (bicyclic) bond motifs is 1. The van der Waals surface area contributed by atoms with E-state index >= 15 is 0 Å². The van der Waals surface area contributed by atoms with E-state index in [1.165, 1.54) is 17.4 Å². The van der Waals surface area contributed by atoms with Gasteiger partial charge in [0.15, 0.2) is 5.13 Å². The Morgan fingerprint density at radius 3 is 2.85 bits per heavy atom. The number of carbonyl (C=O) groups is 1. The fraction of sp³-hybridized carbons (Fsp3) is 0.200. The molecule has 0 spiro atoms. The molecule has 1 atom stereocenters. The highest BCUT2D eigenvalue weighted by Crippen LogP contribution is 2.44. The van der Waals surface area contributed by atoms with Crippen molar-refractivity contribution in [3.8, 4) is 5.75 Å². The first-order valence-electron chi connectivity index (χ1n) is 8.59. The van der Waals surface area contributed by atoms with E-state index in [2.05, 4.69) is 15.6 Å². The van der Waals surface area contributed by atoms with Gasteiger partial charge in [0.05, 0.1) is 4.88 Å². The fourth-order valence-electron chi connectivity index (χ4n) is 3.15. The molecule has 2 aromatic carbocycles. The maximum atomic E-state index is 13.9. The van der Waals surface area contributed by atoms with Crippen molar-refractivity contribution in [3.63, 3.8) is 0 Å². The molecule has 1 amide bonds. The first kappa shape index (κ1) is 17.5. The molecule has 138 valence electrons. The molecule has 0 saturated heterocycles. The van der Waals surface area contributed by atoms with Crippen molar-refractivity contribution < 1.29 is 13.9 Å². The number of thiazole rings is 1. The zero-order chi connectivity index (χ0) is 18.8. The van der Waals surface area contributed by atoms with Gasteiger partial charge in [0.1, 0.15) is 24.0 Å². The molecular formula is C20H18FN3O2S. The zero-order valence-electron chi connectivity index (χ0n) is 14.7. The highest BCUT2D eigenvalue weighted by molar-refractivity contribution is 7.16. The van der Waals surface area contributed by atoms with E-state index in [0.29, 0.717) is 23.6 Å². The summed E-state index contributed by atoms with van der Waals surface area (Å²) >= 11 is 1.51. The molecule has 27 heavy (non-hydrogen) atoms. The van der Waals surface area contributed by atoms with Gasteiger partial charge in [0.2, 0.25) is 5.91 Å². The predicted octanol–water partition coefficient (Wildman–Crippen LogP) is 4.38. The average Bonchev–Trinajstić information content (AvgIpc) is 3.10. The molecule has 1 aliphatic rings. The smallest absolute Gasteiger partial charge is 0.226 e. The summed E-state index contributed by atoms with van der Waals surface area (Å²) in [6, 6.07) is 14.1. The van der Waals surface area contributed by atoms with Gasteiger partial charge < -0.3 is 15.4 Å². The molecule has 0 fully saturated rings. The predicted molar refractivity (Wildman–Crippen MR) is 104 cm³/mol. The minimum absolute atomic E-state index is 0.0793. The Hall–Kier alpha value is -2.93. The third kappa shape index (κ3) is 3.50. The lowest BCUT2D eigenvalue weighted by molar-refractivity contribution is -0.116. The number of carbonyl (C=O) groups excluding carboxylic acids is 1. The van der Waals surface area contributed by atoms with E-state index in [0.717, 1.165) is 15.6 Å². The number of halogens is 1. The van der Waals surface area contributed by atoms with Crippen molar-refractivity contribution in [3.05, 3.63) is 70.4 Å². The largest absolute Gasteiger partial charge is 0.488 e. The lowest BCUT2D eigenvalue weighted by Gasteiger charge is -2.23. The molecule has 2 N–H and O–H groups in total. The summed E-state index contributed by atoms with van der Waals surface area (Å²) in [6.07, 6.45) is 0.318. The Kier molecular flexibility index (Phi) is 4.77. The van der Waals surface area contributed by atoms with Crippen LogP contribution in [0.1, 0.15) is 28.3 Å². The Morgan fingerprint density at radius 2 is 2.04 bits per heavy atom. The van der Waals surface area contributed by atoms with Gasteiger partial charge >= 0.3 is 0 Å². The quantitative estimate of drug-likeness (QED) is 0.686. The summed E-state index contributed by atoms with van der Waals surface area (Å²) in [4.78, 5) is 17.6. The molecule has 1 aliphatic heterocycles. The number of anilines is 2. The molecule has 1 aromatic heterocycles. The van der Waals surface area contributed by atoms with Crippen LogP contribution >= 0.6 is 11.3 Å². The van der Waals surface area contributed by atoms with Crippen LogP contribution in [0.25, 0.3) is 0 Å². The lowest BCUT2D eigenvalue weighted by Crippen LogP contribution is -2.23. The van der Waals surface area contributed by atoms with Gasteiger partial charge in [-0.25, -0.2) is 9.37 Å². The summed E-state index contributed by atoms with van der Waals surface area (Å²) in [6.45, 7) is 0.125. The molecule has 0 unspecified atom stereocenters. The van der Waals surface area contributed by atoms with Crippen LogP contribution in [-0.2, 0) is 11.4 Å². The number of benzene rings is 2. The maximum absolute atomic E-state index is 13.9. The van der Waals surface area contributed by atoms with E-state index in [1.807, 2.05) is 24.3 Å². The molecule has 4 rings (SSSR count). The van der Waals surface area contributed by atoms with E-state index < -0.39 is 0 Å². The minimum atomic E-state index is -0.296. The number of para-hydroxylation sites is 1. The number of hydrogen-bond acceptors (Lipinski definition) is 5. The third-order valence-corrected chi connectivity index (χ3v) is 5.65. The molecule has 0 radical (unpaired) electrons. The standard InChI is InChI=1S/C20H18FN3O2S/c1-22-20-24-19-18(27-20)14(10-17(25)23-19)13-7-3-5-9-16(13)26-11-12-6-2-4-8-15(12)21/h2-9,14H,10-11H2,1H3,(H,22,24)(H,23,25)/t14-/m0/s1. The minimum Gasteiger partial charge on any atom is -0.488 e. The van der Waals surface area contributed by atoms with Crippen molar-refractivity contribution in [2.75, 3.05) is 17.7 Å². The number of hydrogen-bond donors (Lipinski definition) is 2. The summed E-state index contributed by atoms with van der Waals surface area (Å²) in [5, 5.41) is 6.60. The Labute approximate surface area is 160 Å². The van der Waals surface area contributed by atoms with Crippen LogP contribution in [0.2, 0.25) is 0 Å². The molecule has 0 bridgehead atoms. The van der Waals surface area contributed by atoms with Crippen LogP contribution < -0.4 is 15.4 Å². The van der Waals surface area contributed by atoms with Gasteiger partial charge in [0, 0.05) is 30.5 Å². The number of nitrogens with zero attached hydrogens (tertiary/aromatic N) is 1. The van der Waals surface area contributed by atoms with Gasteiger partial charge in [-0.1, -0.05) is 47.7 Å². The Morgan fingerprint density at radius 1 is 1.26 bits per heavy atom. The van der Waals surface area contributed by atoms with E-state index in [4.69, 9.17) is 4.74 Å². The van der Waals surface area contributed by atoms with Gasteiger partial charge in [0.25, 0.3) is 0 Å². The van der Waals surface area contributed by atoms with Crippen LogP contribution in [0.4, 0.5) is 15.3 Å². The zero-order valence-corrected chi connectivity index (χ0v) is 15.5. The number of ether oxygens (including phenoxy) is 1. The van der Waals surface area contributed by atoms with Crippen LogP contribution in [-0.4, -0.2) is 17.9 Å². The monoisotopic (exact) mass is 383 g/mol. The van der Waals surface area contributed by atoms with Crippen LogP contribution in [0, 0.1) is 5.82 Å². The molecule has 2 heterocycles. The summed E-state index contributed by atoms with van der Waals surface area (Å²) in [7, 11) is 1.80. The molecule has 0 aliphatic carbocycles. The normalized spacial score (nSPS) is 15.8.